The highest BCUT2D eigenvalue weighted by atomic mass is 16.5. The van der Waals surface area contributed by atoms with Gasteiger partial charge >= 0.3 is 0 Å². The third-order valence-corrected chi connectivity index (χ3v) is 4.56. The molecule has 0 saturated carbocycles. The van der Waals surface area contributed by atoms with Gasteiger partial charge in [-0.3, -0.25) is 4.79 Å². The molecule has 1 aliphatic rings. The average molecular weight is 390 g/mol. The van der Waals surface area contributed by atoms with Crippen LogP contribution in [0, 0.1) is 6.92 Å². The number of aromatic nitrogens is 2. The van der Waals surface area contributed by atoms with Gasteiger partial charge in [-0.2, -0.15) is 0 Å². The normalized spacial score (nSPS) is 13.8. The van der Waals surface area contributed by atoms with E-state index in [9.17, 15) is 4.79 Å². The highest BCUT2D eigenvalue weighted by Gasteiger charge is 2.18. The molecular weight excluding hydrogens is 368 g/mol. The van der Waals surface area contributed by atoms with Gasteiger partial charge in [0.15, 0.2) is 5.82 Å². The molecule has 3 aromatic rings. The molecule has 0 atom stereocenters. The second-order valence-corrected chi connectivity index (χ2v) is 6.73. The predicted molar refractivity (Wildman–Crippen MR) is 111 cm³/mol. The molecule has 29 heavy (non-hydrogen) atoms. The Bertz CT molecular complexity index is 985. The maximum Gasteiger partial charge on any atom is 0.263 e. The molecule has 1 amide bonds. The first kappa shape index (κ1) is 18.9. The molecule has 0 spiro atoms. The van der Waals surface area contributed by atoms with Crippen LogP contribution in [0.3, 0.4) is 0 Å². The monoisotopic (exact) mass is 390 g/mol. The minimum atomic E-state index is -0.171. The van der Waals surface area contributed by atoms with Crippen LogP contribution < -0.4 is 15.0 Å². The van der Waals surface area contributed by atoms with Gasteiger partial charge in [-0.05, 0) is 48.9 Å². The van der Waals surface area contributed by atoms with Crippen molar-refractivity contribution >= 4 is 17.4 Å². The maximum absolute atomic E-state index is 12.5. The van der Waals surface area contributed by atoms with Crippen molar-refractivity contribution in [1.82, 2.24) is 9.97 Å². The van der Waals surface area contributed by atoms with Crippen molar-refractivity contribution < 1.29 is 14.3 Å². The number of aryl methyl sites for hydroxylation is 1. The summed E-state index contributed by atoms with van der Waals surface area (Å²) in [6, 6.07) is 14.6. The zero-order valence-corrected chi connectivity index (χ0v) is 16.2. The molecule has 2 heterocycles. The summed E-state index contributed by atoms with van der Waals surface area (Å²) in [6.45, 7) is 4.78. The molecule has 1 fully saturated rings. The topological polar surface area (TPSA) is 76.6 Å². The number of carbonyl (C=O) groups is 1. The van der Waals surface area contributed by atoms with Crippen molar-refractivity contribution in [2.24, 2.45) is 0 Å². The fourth-order valence-electron chi connectivity index (χ4n) is 3.09. The van der Waals surface area contributed by atoms with Gasteiger partial charge in [-0.1, -0.05) is 12.1 Å². The van der Waals surface area contributed by atoms with E-state index in [-0.39, 0.29) is 5.91 Å². The van der Waals surface area contributed by atoms with Crippen LogP contribution >= 0.6 is 0 Å². The summed E-state index contributed by atoms with van der Waals surface area (Å²) in [5, 5.41) is 2.90. The van der Waals surface area contributed by atoms with Crippen molar-refractivity contribution in [2.75, 3.05) is 36.5 Å². The molecule has 0 aliphatic carbocycles. The second kappa shape index (κ2) is 8.70. The van der Waals surface area contributed by atoms with Crippen molar-refractivity contribution in [1.29, 1.82) is 0 Å². The molecule has 148 valence electrons. The number of rotatable bonds is 5. The van der Waals surface area contributed by atoms with Crippen LogP contribution in [0.15, 0.2) is 60.9 Å². The fraction of sp³-hybridized carbons (Fsp3) is 0.227. The fourth-order valence-corrected chi connectivity index (χ4v) is 3.09. The zero-order valence-electron chi connectivity index (χ0n) is 16.2. The lowest BCUT2D eigenvalue weighted by Crippen LogP contribution is -2.37. The van der Waals surface area contributed by atoms with Gasteiger partial charge in [0.2, 0.25) is 0 Å². The van der Waals surface area contributed by atoms with Crippen LogP contribution in [-0.2, 0) is 4.74 Å². The van der Waals surface area contributed by atoms with E-state index in [1.54, 1.807) is 36.7 Å². The minimum Gasteiger partial charge on any atom is -0.436 e. The average Bonchev–Trinajstić information content (AvgIpc) is 2.75. The van der Waals surface area contributed by atoms with Crippen LogP contribution in [0.25, 0.3) is 0 Å². The molecule has 0 unspecified atom stereocenters. The summed E-state index contributed by atoms with van der Waals surface area (Å²) in [7, 11) is 0. The van der Waals surface area contributed by atoms with Gasteiger partial charge in [0, 0.05) is 36.7 Å². The summed E-state index contributed by atoms with van der Waals surface area (Å²) in [5.41, 5.74) is 2.41. The summed E-state index contributed by atoms with van der Waals surface area (Å²) >= 11 is 0. The standard InChI is InChI=1S/C22H22N4O3/c1-16-3-2-4-18(15-16)25-21(27)17-5-7-19(8-6-17)29-22-20(23-9-10-24-22)26-11-13-28-14-12-26/h2-10,15H,11-14H2,1H3,(H,25,27). The number of morpholine rings is 1. The summed E-state index contributed by atoms with van der Waals surface area (Å²) in [4.78, 5) is 23.3. The quantitative estimate of drug-likeness (QED) is 0.716. The largest absolute Gasteiger partial charge is 0.436 e. The highest BCUT2D eigenvalue weighted by molar-refractivity contribution is 6.04. The van der Waals surface area contributed by atoms with Gasteiger partial charge < -0.3 is 19.7 Å². The molecule has 2 aromatic carbocycles. The predicted octanol–water partition coefficient (Wildman–Crippen LogP) is 3.67. The van der Waals surface area contributed by atoms with E-state index in [1.165, 1.54) is 0 Å². The Kier molecular flexibility index (Phi) is 5.67. The number of hydrogen-bond donors (Lipinski definition) is 1. The van der Waals surface area contributed by atoms with Crippen molar-refractivity contribution in [2.45, 2.75) is 6.92 Å². The van der Waals surface area contributed by atoms with Gasteiger partial charge in [0.1, 0.15) is 5.75 Å². The Balaban J connectivity index is 1.45. The molecule has 4 rings (SSSR count). The smallest absolute Gasteiger partial charge is 0.263 e. The van der Waals surface area contributed by atoms with Crippen LogP contribution in [-0.4, -0.2) is 42.2 Å². The molecular formula is C22H22N4O3. The lowest BCUT2D eigenvalue weighted by Gasteiger charge is -2.28. The Morgan fingerprint density at radius 1 is 1.07 bits per heavy atom. The molecule has 0 bridgehead atoms. The summed E-state index contributed by atoms with van der Waals surface area (Å²) < 4.78 is 11.3. The molecule has 1 saturated heterocycles. The van der Waals surface area contributed by atoms with Crippen LogP contribution in [0.5, 0.6) is 11.6 Å². The minimum absolute atomic E-state index is 0.171. The van der Waals surface area contributed by atoms with E-state index in [2.05, 4.69) is 20.2 Å². The van der Waals surface area contributed by atoms with Gasteiger partial charge in [0.05, 0.1) is 13.2 Å². The number of amides is 1. The van der Waals surface area contributed by atoms with Gasteiger partial charge in [-0.15, -0.1) is 0 Å². The number of carbonyl (C=O) groups excluding carboxylic acids is 1. The van der Waals surface area contributed by atoms with Crippen molar-refractivity contribution in [3.05, 3.63) is 72.1 Å². The SMILES string of the molecule is Cc1cccc(NC(=O)c2ccc(Oc3nccnc3N3CCOCC3)cc2)c1. The Morgan fingerprint density at radius 2 is 1.83 bits per heavy atom. The van der Waals surface area contributed by atoms with Crippen molar-refractivity contribution in [3.8, 4) is 11.6 Å². The van der Waals surface area contributed by atoms with E-state index in [4.69, 9.17) is 9.47 Å². The molecule has 1 N–H and O–H groups in total. The summed E-state index contributed by atoms with van der Waals surface area (Å²) in [6.07, 6.45) is 3.25. The molecule has 1 aromatic heterocycles. The molecule has 7 heteroatoms. The Hall–Kier alpha value is -3.45. The number of hydrogen-bond acceptors (Lipinski definition) is 6. The highest BCUT2D eigenvalue weighted by Crippen LogP contribution is 2.28. The van der Waals surface area contributed by atoms with E-state index in [1.807, 2.05) is 31.2 Å². The van der Waals surface area contributed by atoms with Crippen LogP contribution in [0.4, 0.5) is 11.5 Å². The zero-order chi connectivity index (χ0) is 20.1. The number of nitrogens with zero attached hydrogens (tertiary/aromatic N) is 3. The lowest BCUT2D eigenvalue weighted by atomic mass is 10.2. The van der Waals surface area contributed by atoms with E-state index >= 15 is 0 Å². The van der Waals surface area contributed by atoms with Crippen LogP contribution in [0.2, 0.25) is 0 Å². The number of ether oxygens (including phenoxy) is 2. The number of benzene rings is 2. The van der Waals surface area contributed by atoms with E-state index < -0.39 is 0 Å². The first-order valence-electron chi connectivity index (χ1n) is 9.49. The van der Waals surface area contributed by atoms with Gasteiger partial charge in [-0.25, -0.2) is 9.97 Å². The van der Waals surface area contributed by atoms with Crippen LogP contribution in [0.1, 0.15) is 15.9 Å². The summed E-state index contributed by atoms with van der Waals surface area (Å²) in [5.74, 6) is 1.55. The van der Waals surface area contributed by atoms with Crippen molar-refractivity contribution in [3.63, 3.8) is 0 Å². The van der Waals surface area contributed by atoms with Gasteiger partial charge in [0.25, 0.3) is 11.8 Å². The molecule has 7 nitrogen and oxygen atoms in total. The lowest BCUT2D eigenvalue weighted by molar-refractivity contribution is 0.102. The maximum atomic E-state index is 12.5. The first-order valence-corrected chi connectivity index (χ1v) is 9.49. The third kappa shape index (κ3) is 4.70. The Labute approximate surface area is 169 Å². The third-order valence-electron chi connectivity index (χ3n) is 4.56. The van der Waals surface area contributed by atoms with E-state index in [0.29, 0.717) is 36.2 Å². The number of anilines is 2. The Morgan fingerprint density at radius 3 is 2.59 bits per heavy atom. The number of nitrogens with one attached hydrogen (secondary N) is 1. The molecule has 0 radical (unpaired) electrons. The van der Waals surface area contributed by atoms with E-state index in [0.717, 1.165) is 24.3 Å². The second-order valence-electron chi connectivity index (χ2n) is 6.73. The molecule has 1 aliphatic heterocycles. The first-order chi connectivity index (χ1) is 14.2.